The van der Waals surface area contributed by atoms with Gasteiger partial charge in [-0.1, -0.05) is 19.9 Å². The van der Waals surface area contributed by atoms with Crippen LogP contribution in [0.25, 0.3) is 0 Å². The molecule has 0 bridgehead atoms. The first-order valence-corrected chi connectivity index (χ1v) is 6.67. The van der Waals surface area contributed by atoms with Gasteiger partial charge in [-0.15, -0.1) is 0 Å². The number of aliphatic carboxylic acids is 1. The predicted molar refractivity (Wildman–Crippen MR) is 73.2 cm³/mol. The first-order valence-electron chi connectivity index (χ1n) is 6.67. The summed E-state index contributed by atoms with van der Waals surface area (Å²) in [5.74, 6) is 0.214. The Morgan fingerprint density at radius 2 is 2.25 bits per heavy atom. The quantitative estimate of drug-likeness (QED) is 0.861. The molecule has 1 heterocycles. The van der Waals surface area contributed by atoms with Crippen molar-refractivity contribution in [1.29, 1.82) is 0 Å². The number of carbonyl (C=O) groups is 1. The molecule has 0 amide bonds. The second-order valence-electron chi connectivity index (χ2n) is 5.72. The number of aliphatic hydroxyl groups is 1. The Bertz CT molecular complexity index is 507. The monoisotopic (exact) mass is 280 g/mol. The standard InChI is InChI=1S/C15H20O5/c1-9(2)15(3,18)8-19-11-5-4-10-6-13(14(16)17)20-12(10)7-11/h4-5,7,9,13,18H,6,8H2,1-3H3,(H,16,17). The van der Waals surface area contributed by atoms with Crippen LogP contribution in [-0.2, 0) is 11.2 Å². The highest BCUT2D eigenvalue weighted by Crippen LogP contribution is 2.33. The van der Waals surface area contributed by atoms with Crippen LogP contribution in [0.15, 0.2) is 18.2 Å². The molecular formula is C15H20O5. The molecule has 1 aliphatic heterocycles. The largest absolute Gasteiger partial charge is 0.490 e. The fraction of sp³-hybridized carbons (Fsp3) is 0.533. The lowest BCUT2D eigenvalue weighted by atomic mass is 9.94. The van der Waals surface area contributed by atoms with Crippen LogP contribution in [0.3, 0.4) is 0 Å². The van der Waals surface area contributed by atoms with E-state index in [9.17, 15) is 9.90 Å². The SMILES string of the molecule is CC(C)C(C)(O)COc1ccc2c(c1)OC(C(=O)O)C2. The lowest BCUT2D eigenvalue weighted by molar-refractivity contribution is -0.144. The Balaban J connectivity index is 2.03. The predicted octanol–water partition coefficient (Wildman–Crippen LogP) is 1.86. The van der Waals surface area contributed by atoms with Crippen molar-refractivity contribution in [2.75, 3.05) is 6.61 Å². The molecule has 20 heavy (non-hydrogen) atoms. The molecule has 0 aliphatic carbocycles. The fourth-order valence-electron chi connectivity index (χ4n) is 1.83. The molecule has 0 saturated carbocycles. The molecule has 1 aromatic carbocycles. The fourth-order valence-corrected chi connectivity index (χ4v) is 1.83. The van der Waals surface area contributed by atoms with Gasteiger partial charge in [-0.3, -0.25) is 0 Å². The van der Waals surface area contributed by atoms with E-state index >= 15 is 0 Å². The molecular weight excluding hydrogens is 260 g/mol. The third-order valence-corrected chi connectivity index (χ3v) is 3.76. The maximum absolute atomic E-state index is 10.9. The summed E-state index contributed by atoms with van der Waals surface area (Å²) in [6.07, 6.45) is -0.451. The van der Waals surface area contributed by atoms with E-state index in [1.807, 2.05) is 13.8 Å². The van der Waals surface area contributed by atoms with Gasteiger partial charge in [-0.25, -0.2) is 4.79 Å². The minimum absolute atomic E-state index is 0.0737. The first kappa shape index (κ1) is 14.7. The number of rotatable bonds is 5. The van der Waals surface area contributed by atoms with E-state index in [1.165, 1.54) is 0 Å². The maximum Gasteiger partial charge on any atom is 0.345 e. The number of fused-ring (bicyclic) bond motifs is 1. The minimum atomic E-state index is -0.966. The highest BCUT2D eigenvalue weighted by atomic mass is 16.5. The molecule has 0 aromatic heterocycles. The lowest BCUT2D eigenvalue weighted by Gasteiger charge is -2.27. The highest BCUT2D eigenvalue weighted by molar-refractivity contribution is 5.74. The zero-order valence-corrected chi connectivity index (χ0v) is 11.9. The number of hydrogen-bond acceptors (Lipinski definition) is 4. The number of carboxylic acid groups (broad SMARTS) is 1. The Morgan fingerprint density at radius 1 is 1.55 bits per heavy atom. The normalized spacial score (nSPS) is 20.1. The molecule has 2 atom stereocenters. The first-order chi connectivity index (χ1) is 9.29. The van der Waals surface area contributed by atoms with E-state index < -0.39 is 17.7 Å². The average Bonchev–Trinajstić information content (AvgIpc) is 2.79. The highest BCUT2D eigenvalue weighted by Gasteiger charge is 2.30. The van der Waals surface area contributed by atoms with E-state index in [1.54, 1.807) is 25.1 Å². The van der Waals surface area contributed by atoms with Crippen LogP contribution in [0.1, 0.15) is 26.3 Å². The van der Waals surface area contributed by atoms with Gasteiger partial charge in [0.2, 0.25) is 0 Å². The van der Waals surface area contributed by atoms with Gasteiger partial charge in [0.05, 0.1) is 5.60 Å². The molecule has 0 saturated heterocycles. The van der Waals surface area contributed by atoms with Gasteiger partial charge in [0.15, 0.2) is 6.10 Å². The number of carboxylic acids is 1. The van der Waals surface area contributed by atoms with Crippen LogP contribution in [-0.4, -0.2) is 34.5 Å². The molecule has 2 N–H and O–H groups in total. The van der Waals surface area contributed by atoms with Crippen LogP contribution in [0.5, 0.6) is 11.5 Å². The van der Waals surface area contributed by atoms with E-state index in [0.29, 0.717) is 17.9 Å². The van der Waals surface area contributed by atoms with E-state index in [-0.39, 0.29) is 12.5 Å². The van der Waals surface area contributed by atoms with Gasteiger partial charge in [-0.2, -0.15) is 0 Å². The summed E-state index contributed by atoms with van der Waals surface area (Å²) in [6, 6.07) is 5.25. The summed E-state index contributed by atoms with van der Waals surface area (Å²) in [5, 5.41) is 19.1. The lowest BCUT2D eigenvalue weighted by Crippen LogP contribution is -2.37. The third-order valence-electron chi connectivity index (χ3n) is 3.76. The van der Waals surface area contributed by atoms with Crippen LogP contribution < -0.4 is 9.47 Å². The van der Waals surface area contributed by atoms with E-state index in [2.05, 4.69) is 0 Å². The van der Waals surface area contributed by atoms with E-state index in [4.69, 9.17) is 14.6 Å². The van der Waals surface area contributed by atoms with Gasteiger partial charge < -0.3 is 19.7 Å². The van der Waals surface area contributed by atoms with Crippen molar-refractivity contribution in [2.45, 2.75) is 38.9 Å². The average molecular weight is 280 g/mol. The van der Waals surface area contributed by atoms with Crippen molar-refractivity contribution in [2.24, 2.45) is 5.92 Å². The van der Waals surface area contributed by atoms with Crippen molar-refractivity contribution in [1.82, 2.24) is 0 Å². The second-order valence-corrected chi connectivity index (χ2v) is 5.72. The van der Waals surface area contributed by atoms with Crippen LogP contribution >= 0.6 is 0 Å². The van der Waals surface area contributed by atoms with Gasteiger partial charge in [0, 0.05) is 12.5 Å². The topological polar surface area (TPSA) is 76.0 Å². The number of ether oxygens (including phenoxy) is 2. The smallest absolute Gasteiger partial charge is 0.345 e. The summed E-state index contributed by atoms with van der Waals surface area (Å²) in [5.41, 5.74) is -0.0518. The summed E-state index contributed by atoms with van der Waals surface area (Å²) >= 11 is 0. The van der Waals surface area contributed by atoms with Crippen molar-refractivity contribution in [3.05, 3.63) is 23.8 Å². The zero-order chi connectivity index (χ0) is 14.9. The second kappa shape index (κ2) is 5.32. The zero-order valence-electron chi connectivity index (χ0n) is 11.9. The van der Waals surface area contributed by atoms with Crippen molar-refractivity contribution < 1.29 is 24.5 Å². The molecule has 0 radical (unpaired) electrons. The molecule has 0 fully saturated rings. The number of benzene rings is 1. The molecule has 2 rings (SSSR count). The summed E-state index contributed by atoms with van der Waals surface area (Å²) in [6.45, 7) is 5.74. The molecule has 2 unspecified atom stereocenters. The Kier molecular flexibility index (Phi) is 3.90. The van der Waals surface area contributed by atoms with Gasteiger partial charge in [0.1, 0.15) is 18.1 Å². The number of hydrogen-bond donors (Lipinski definition) is 2. The van der Waals surface area contributed by atoms with Crippen molar-refractivity contribution in [3.8, 4) is 11.5 Å². The van der Waals surface area contributed by atoms with Gasteiger partial charge in [0.25, 0.3) is 0 Å². The molecule has 5 heteroatoms. The van der Waals surface area contributed by atoms with Gasteiger partial charge in [-0.05, 0) is 24.5 Å². The Hall–Kier alpha value is -1.75. The molecule has 1 aromatic rings. The van der Waals surface area contributed by atoms with Crippen molar-refractivity contribution in [3.63, 3.8) is 0 Å². The van der Waals surface area contributed by atoms with Gasteiger partial charge >= 0.3 is 5.97 Å². The summed E-state index contributed by atoms with van der Waals surface area (Å²) < 4.78 is 10.9. The maximum atomic E-state index is 10.9. The minimum Gasteiger partial charge on any atom is -0.490 e. The van der Waals surface area contributed by atoms with Crippen LogP contribution in [0, 0.1) is 5.92 Å². The molecule has 5 nitrogen and oxygen atoms in total. The summed E-state index contributed by atoms with van der Waals surface area (Å²) in [7, 11) is 0. The molecule has 110 valence electrons. The van der Waals surface area contributed by atoms with Crippen molar-refractivity contribution >= 4 is 5.97 Å². The third kappa shape index (κ3) is 3.04. The van der Waals surface area contributed by atoms with E-state index in [0.717, 1.165) is 5.56 Å². The Labute approximate surface area is 118 Å². The molecule has 0 spiro atoms. The Morgan fingerprint density at radius 3 is 2.85 bits per heavy atom. The van der Waals surface area contributed by atoms with Crippen LogP contribution in [0.2, 0.25) is 0 Å². The molecule has 1 aliphatic rings. The summed E-state index contributed by atoms with van der Waals surface area (Å²) in [4.78, 5) is 10.9. The van der Waals surface area contributed by atoms with Crippen LogP contribution in [0.4, 0.5) is 0 Å².